The molecule has 13 heavy (non-hydrogen) atoms. The van der Waals surface area contributed by atoms with Gasteiger partial charge < -0.3 is 5.73 Å². The minimum Gasteiger partial charge on any atom is -0.330 e. The summed E-state index contributed by atoms with van der Waals surface area (Å²) in [6, 6.07) is 0. The predicted molar refractivity (Wildman–Crippen MR) is 47.5 cm³/mol. The first kappa shape index (κ1) is 10.5. The van der Waals surface area contributed by atoms with E-state index in [4.69, 9.17) is 5.73 Å². The van der Waals surface area contributed by atoms with E-state index in [-0.39, 0.29) is 12.4 Å². The fourth-order valence-corrected chi connectivity index (χ4v) is 1.04. The molecule has 1 aromatic heterocycles. The van der Waals surface area contributed by atoms with Crippen molar-refractivity contribution in [3.8, 4) is 0 Å². The van der Waals surface area contributed by atoms with E-state index in [9.17, 15) is 8.78 Å². The summed E-state index contributed by atoms with van der Waals surface area (Å²) in [6.45, 7) is -0.153. The monoisotopic (exact) mass is 251 g/mol. The number of halogens is 3. The first-order valence-corrected chi connectivity index (χ1v) is 4.40. The summed E-state index contributed by atoms with van der Waals surface area (Å²) in [7, 11) is 0. The van der Waals surface area contributed by atoms with Crippen molar-refractivity contribution in [1.29, 1.82) is 0 Å². The molecule has 0 bridgehead atoms. The third kappa shape index (κ3) is 2.67. The number of hydrogen-bond donors (Lipinski definition) is 1. The second-order valence-corrected chi connectivity index (χ2v) is 3.35. The maximum atomic E-state index is 12.3. The van der Waals surface area contributed by atoms with Crippen LogP contribution in [0, 0.1) is 0 Å². The van der Waals surface area contributed by atoms with Crippen LogP contribution in [0.5, 0.6) is 0 Å². The normalized spacial score (nSPS) is 13.3. The van der Waals surface area contributed by atoms with Gasteiger partial charge in [-0.25, -0.2) is 18.7 Å². The van der Waals surface area contributed by atoms with Crippen molar-refractivity contribution in [2.45, 2.75) is 12.3 Å². The number of nitrogens with zero attached hydrogens (tertiary/aromatic N) is 2. The lowest BCUT2D eigenvalue weighted by atomic mass is 10.1. The summed E-state index contributed by atoms with van der Waals surface area (Å²) >= 11 is 3.11. The molecule has 0 spiro atoms. The largest absolute Gasteiger partial charge is 0.330 e. The van der Waals surface area contributed by atoms with Crippen LogP contribution in [0.1, 0.15) is 11.7 Å². The van der Waals surface area contributed by atoms with Gasteiger partial charge in [0.05, 0.1) is 10.4 Å². The second-order valence-electron chi connectivity index (χ2n) is 2.44. The molecule has 1 unspecified atom stereocenters. The highest BCUT2D eigenvalue weighted by molar-refractivity contribution is 9.10. The first-order chi connectivity index (χ1) is 6.15. The number of rotatable bonds is 3. The average molecular weight is 252 g/mol. The highest BCUT2D eigenvalue weighted by atomic mass is 79.9. The van der Waals surface area contributed by atoms with Crippen molar-refractivity contribution in [3.63, 3.8) is 0 Å². The Labute approximate surface area is 82.5 Å². The van der Waals surface area contributed by atoms with Crippen molar-refractivity contribution in [2.24, 2.45) is 5.73 Å². The van der Waals surface area contributed by atoms with Gasteiger partial charge in [-0.3, -0.25) is 0 Å². The van der Waals surface area contributed by atoms with Crippen LogP contribution in [-0.2, 0) is 0 Å². The molecule has 2 N–H and O–H groups in total. The third-order valence-corrected chi connectivity index (χ3v) is 1.94. The number of aromatic nitrogens is 2. The Morgan fingerprint density at radius 2 is 1.92 bits per heavy atom. The van der Waals surface area contributed by atoms with Crippen molar-refractivity contribution in [2.75, 3.05) is 6.54 Å². The summed E-state index contributed by atoms with van der Waals surface area (Å²) in [5.74, 6) is -0.992. The quantitative estimate of drug-likeness (QED) is 0.887. The van der Waals surface area contributed by atoms with Crippen LogP contribution in [-0.4, -0.2) is 22.9 Å². The van der Waals surface area contributed by atoms with Gasteiger partial charge in [0.15, 0.2) is 0 Å². The van der Waals surface area contributed by atoms with Gasteiger partial charge in [-0.2, -0.15) is 0 Å². The minimum atomic E-state index is -2.52. The predicted octanol–water partition coefficient (Wildman–Crippen LogP) is 1.55. The van der Waals surface area contributed by atoms with Crippen LogP contribution in [0.4, 0.5) is 8.78 Å². The highest BCUT2D eigenvalue weighted by Gasteiger charge is 2.23. The van der Waals surface area contributed by atoms with E-state index in [0.29, 0.717) is 4.47 Å². The minimum absolute atomic E-state index is 0.0840. The van der Waals surface area contributed by atoms with E-state index in [1.54, 1.807) is 0 Å². The van der Waals surface area contributed by atoms with Crippen LogP contribution in [0.3, 0.4) is 0 Å². The molecule has 0 amide bonds. The molecule has 0 saturated carbocycles. The number of nitrogens with two attached hydrogens (primary N) is 1. The van der Waals surface area contributed by atoms with E-state index in [2.05, 4.69) is 25.9 Å². The van der Waals surface area contributed by atoms with Gasteiger partial charge in [0.25, 0.3) is 0 Å². The summed E-state index contributed by atoms with van der Waals surface area (Å²) in [5, 5.41) is 0. The molecule has 0 aliphatic carbocycles. The van der Waals surface area contributed by atoms with Crippen LogP contribution >= 0.6 is 15.9 Å². The Kier molecular flexibility index (Phi) is 3.68. The van der Waals surface area contributed by atoms with Gasteiger partial charge in [0.1, 0.15) is 5.82 Å². The first-order valence-electron chi connectivity index (χ1n) is 3.60. The van der Waals surface area contributed by atoms with Crippen LogP contribution in [0.15, 0.2) is 16.9 Å². The average Bonchev–Trinajstić information content (AvgIpc) is 2.09. The molecule has 1 atom stereocenters. The van der Waals surface area contributed by atoms with E-state index < -0.39 is 12.3 Å². The summed E-state index contributed by atoms with van der Waals surface area (Å²) in [5.41, 5.74) is 5.17. The SMILES string of the molecule is NCC(c1ncc(Br)cn1)C(F)F. The topological polar surface area (TPSA) is 51.8 Å². The third-order valence-electron chi connectivity index (χ3n) is 1.53. The fourth-order valence-electron chi connectivity index (χ4n) is 0.835. The molecule has 0 fully saturated rings. The molecular weight excluding hydrogens is 244 g/mol. The molecule has 6 heteroatoms. The summed E-state index contributed by atoms with van der Waals surface area (Å²) in [4.78, 5) is 7.51. The molecule has 0 saturated heterocycles. The number of hydrogen-bond acceptors (Lipinski definition) is 3. The Balaban J connectivity index is 2.86. The lowest BCUT2D eigenvalue weighted by molar-refractivity contribution is 0.113. The van der Waals surface area contributed by atoms with E-state index in [0.717, 1.165) is 0 Å². The van der Waals surface area contributed by atoms with E-state index in [1.807, 2.05) is 0 Å². The van der Waals surface area contributed by atoms with Crippen molar-refractivity contribution < 1.29 is 8.78 Å². The molecule has 0 aromatic carbocycles. The van der Waals surface area contributed by atoms with Gasteiger partial charge in [0, 0.05) is 18.9 Å². The molecular formula is C7H8BrF2N3. The van der Waals surface area contributed by atoms with Crippen molar-refractivity contribution in [3.05, 3.63) is 22.7 Å². The van der Waals surface area contributed by atoms with Crippen LogP contribution in [0.2, 0.25) is 0 Å². The summed E-state index contributed by atoms with van der Waals surface area (Å²) in [6.07, 6.45) is 0.326. The molecule has 0 aliphatic heterocycles. The zero-order valence-corrected chi connectivity index (χ0v) is 8.21. The Morgan fingerprint density at radius 3 is 2.31 bits per heavy atom. The highest BCUT2D eigenvalue weighted by Crippen LogP contribution is 2.19. The Bertz CT molecular complexity index is 265. The lowest BCUT2D eigenvalue weighted by Crippen LogP contribution is -2.21. The van der Waals surface area contributed by atoms with E-state index >= 15 is 0 Å². The standard InChI is InChI=1S/C7H8BrF2N3/c8-4-2-12-7(13-3-4)5(1-11)6(9)10/h2-3,5-6H,1,11H2. The van der Waals surface area contributed by atoms with E-state index in [1.165, 1.54) is 12.4 Å². The van der Waals surface area contributed by atoms with Gasteiger partial charge in [0.2, 0.25) is 6.43 Å². The van der Waals surface area contributed by atoms with Crippen molar-refractivity contribution >= 4 is 15.9 Å². The molecule has 72 valence electrons. The zero-order chi connectivity index (χ0) is 9.84. The smallest absolute Gasteiger partial charge is 0.249 e. The molecule has 0 radical (unpaired) electrons. The maximum absolute atomic E-state index is 12.3. The van der Waals surface area contributed by atoms with Gasteiger partial charge in [-0.1, -0.05) is 0 Å². The lowest BCUT2D eigenvalue weighted by Gasteiger charge is -2.10. The maximum Gasteiger partial charge on any atom is 0.249 e. The summed E-state index contributed by atoms with van der Waals surface area (Å²) < 4.78 is 25.3. The Hall–Kier alpha value is -0.620. The van der Waals surface area contributed by atoms with Gasteiger partial charge in [-0.15, -0.1) is 0 Å². The Morgan fingerprint density at radius 1 is 1.38 bits per heavy atom. The molecule has 1 rings (SSSR count). The van der Waals surface area contributed by atoms with Crippen LogP contribution in [0.25, 0.3) is 0 Å². The second kappa shape index (κ2) is 4.57. The van der Waals surface area contributed by atoms with Crippen LogP contribution < -0.4 is 5.73 Å². The molecule has 0 aliphatic rings. The fraction of sp³-hybridized carbons (Fsp3) is 0.429. The zero-order valence-electron chi connectivity index (χ0n) is 6.62. The van der Waals surface area contributed by atoms with Crippen molar-refractivity contribution in [1.82, 2.24) is 9.97 Å². The van der Waals surface area contributed by atoms with Gasteiger partial charge >= 0.3 is 0 Å². The molecule has 1 aromatic rings. The molecule has 3 nitrogen and oxygen atoms in total. The molecule has 1 heterocycles. The van der Waals surface area contributed by atoms with Gasteiger partial charge in [-0.05, 0) is 15.9 Å². The number of alkyl halides is 2.